The van der Waals surface area contributed by atoms with Gasteiger partial charge >= 0.3 is 0 Å². The van der Waals surface area contributed by atoms with Crippen LogP contribution in [0.5, 0.6) is 11.5 Å². The highest BCUT2D eigenvalue weighted by Gasteiger charge is 2.26. The number of rotatable bonds is 7. The van der Waals surface area contributed by atoms with Crippen molar-refractivity contribution < 1.29 is 23.9 Å². The van der Waals surface area contributed by atoms with Gasteiger partial charge in [-0.3, -0.25) is 14.4 Å². The highest BCUT2D eigenvalue weighted by atomic mass is 16.5. The van der Waals surface area contributed by atoms with Crippen molar-refractivity contribution >= 4 is 17.7 Å². The van der Waals surface area contributed by atoms with Crippen LogP contribution < -0.4 is 14.8 Å². The van der Waals surface area contributed by atoms with Crippen molar-refractivity contribution in [2.24, 2.45) is 0 Å². The zero-order valence-corrected chi connectivity index (χ0v) is 20.4. The Labute approximate surface area is 210 Å². The van der Waals surface area contributed by atoms with Crippen LogP contribution in [0, 0.1) is 0 Å². The highest BCUT2D eigenvalue weighted by Crippen LogP contribution is 2.26. The summed E-state index contributed by atoms with van der Waals surface area (Å²) in [5.74, 6) is 0.404. The Kier molecular flexibility index (Phi) is 7.85. The Morgan fingerprint density at radius 2 is 1.42 bits per heavy atom. The fraction of sp³-hybridized carbons (Fsp3) is 0.250. The first-order chi connectivity index (χ1) is 17.5. The molecular formula is C28H29N3O5. The third kappa shape index (κ3) is 5.66. The molecule has 4 rings (SSSR count). The highest BCUT2D eigenvalue weighted by molar-refractivity contribution is 5.98. The molecule has 0 bridgehead atoms. The van der Waals surface area contributed by atoms with E-state index in [1.807, 2.05) is 42.5 Å². The van der Waals surface area contributed by atoms with Crippen molar-refractivity contribution in [2.45, 2.75) is 0 Å². The van der Waals surface area contributed by atoms with Crippen LogP contribution in [0.3, 0.4) is 0 Å². The van der Waals surface area contributed by atoms with E-state index in [0.29, 0.717) is 48.8 Å². The average Bonchev–Trinajstić information content (AvgIpc) is 2.95. The fourth-order valence-corrected chi connectivity index (χ4v) is 4.12. The predicted molar refractivity (Wildman–Crippen MR) is 136 cm³/mol. The van der Waals surface area contributed by atoms with Gasteiger partial charge < -0.3 is 24.6 Å². The topological polar surface area (TPSA) is 88.2 Å². The van der Waals surface area contributed by atoms with E-state index >= 15 is 0 Å². The summed E-state index contributed by atoms with van der Waals surface area (Å²) < 4.78 is 10.5. The largest absolute Gasteiger partial charge is 0.497 e. The van der Waals surface area contributed by atoms with Gasteiger partial charge in [-0.05, 0) is 35.4 Å². The second-order valence-corrected chi connectivity index (χ2v) is 8.37. The van der Waals surface area contributed by atoms with E-state index in [2.05, 4.69) is 5.32 Å². The summed E-state index contributed by atoms with van der Waals surface area (Å²) in [5, 5.41) is 2.70. The number of hydrogen-bond acceptors (Lipinski definition) is 5. The van der Waals surface area contributed by atoms with Gasteiger partial charge in [-0.25, -0.2) is 0 Å². The van der Waals surface area contributed by atoms with Crippen LogP contribution in [0.2, 0.25) is 0 Å². The van der Waals surface area contributed by atoms with Crippen molar-refractivity contribution in [1.29, 1.82) is 0 Å². The minimum atomic E-state index is -0.302. The van der Waals surface area contributed by atoms with E-state index in [4.69, 9.17) is 9.47 Å². The molecule has 186 valence electrons. The number of piperazine rings is 1. The number of methoxy groups -OCH3 is 2. The monoisotopic (exact) mass is 487 g/mol. The van der Waals surface area contributed by atoms with E-state index in [0.717, 1.165) is 11.1 Å². The van der Waals surface area contributed by atoms with E-state index in [-0.39, 0.29) is 24.3 Å². The smallest absolute Gasteiger partial charge is 0.257 e. The summed E-state index contributed by atoms with van der Waals surface area (Å²) in [6, 6.07) is 22.2. The molecule has 0 atom stereocenters. The van der Waals surface area contributed by atoms with Crippen molar-refractivity contribution in [3.63, 3.8) is 0 Å². The molecule has 8 nitrogen and oxygen atoms in total. The first kappa shape index (κ1) is 24.8. The molecule has 1 heterocycles. The van der Waals surface area contributed by atoms with Gasteiger partial charge in [0.05, 0.1) is 26.3 Å². The minimum absolute atomic E-state index is 0.0977. The van der Waals surface area contributed by atoms with Gasteiger partial charge in [-0.15, -0.1) is 0 Å². The quantitative estimate of drug-likeness (QED) is 0.553. The molecule has 1 N–H and O–H groups in total. The van der Waals surface area contributed by atoms with Crippen LogP contribution in [-0.4, -0.2) is 74.5 Å². The van der Waals surface area contributed by atoms with Crippen molar-refractivity contribution in [3.05, 3.63) is 83.9 Å². The van der Waals surface area contributed by atoms with Crippen molar-refractivity contribution in [1.82, 2.24) is 15.1 Å². The zero-order chi connectivity index (χ0) is 25.5. The van der Waals surface area contributed by atoms with Crippen LogP contribution in [0.1, 0.15) is 20.7 Å². The van der Waals surface area contributed by atoms with Gasteiger partial charge in [0.25, 0.3) is 11.8 Å². The Morgan fingerprint density at radius 3 is 2.06 bits per heavy atom. The number of benzene rings is 3. The Bertz CT molecular complexity index is 1220. The van der Waals surface area contributed by atoms with Gasteiger partial charge in [0, 0.05) is 37.8 Å². The molecule has 3 aromatic carbocycles. The molecule has 1 aliphatic rings. The van der Waals surface area contributed by atoms with Gasteiger partial charge in [0.15, 0.2) is 0 Å². The summed E-state index contributed by atoms with van der Waals surface area (Å²) >= 11 is 0. The molecule has 0 aromatic heterocycles. The number of carbonyl (C=O) groups excluding carboxylic acids is 3. The van der Waals surface area contributed by atoms with Crippen LogP contribution in [-0.2, 0) is 4.79 Å². The summed E-state index contributed by atoms with van der Waals surface area (Å²) in [6.07, 6.45) is 0. The van der Waals surface area contributed by atoms with E-state index < -0.39 is 0 Å². The number of amides is 3. The Balaban J connectivity index is 1.27. The van der Waals surface area contributed by atoms with Gasteiger partial charge in [-0.2, -0.15) is 0 Å². The Morgan fingerprint density at radius 1 is 0.778 bits per heavy atom. The first-order valence-corrected chi connectivity index (χ1v) is 11.7. The van der Waals surface area contributed by atoms with E-state index in [9.17, 15) is 14.4 Å². The second-order valence-electron chi connectivity index (χ2n) is 8.37. The molecule has 0 spiro atoms. The van der Waals surface area contributed by atoms with Crippen molar-refractivity contribution in [2.75, 3.05) is 46.9 Å². The van der Waals surface area contributed by atoms with Crippen LogP contribution in [0.25, 0.3) is 11.1 Å². The lowest BCUT2D eigenvalue weighted by Crippen LogP contribution is -2.52. The molecule has 1 saturated heterocycles. The van der Waals surface area contributed by atoms with Crippen LogP contribution >= 0.6 is 0 Å². The molecule has 0 aliphatic carbocycles. The summed E-state index contributed by atoms with van der Waals surface area (Å²) in [4.78, 5) is 41.5. The molecule has 3 amide bonds. The fourth-order valence-electron chi connectivity index (χ4n) is 4.12. The number of hydrogen-bond donors (Lipinski definition) is 1. The van der Waals surface area contributed by atoms with E-state index in [1.54, 1.807) is 47.2 Å². The average molecular weight is 488 g/mol. The lowest BCUT2D eigenvalue weighted by Gasteiger charge is -2.35. The zero-order valence-electron chi connectivity index (χ0n) is 20.4. The number of nitrogens with one attached hydrogen (secondary N) is 1. The summed E-state index contributed by atoms with van der Waals surface area (Å²) in [5.41, 5.74) is 3.03. The molecule has 8 heteroatoms. The molecule has 0 unspecified atom stereocenters. The molecular weight excluding hydrogens is 458 g/mol. The Hall–Kier alpha value is -4.33. The first-order valence-electron chi connectivity index (χ1n) is 11.7. The summed E-state index contributed by atoms with van der Waals surface area (Å²) in [7, 11) is 3.06. The van der Waals surface area contributed by atoms with Crippen LogP contribution in [0.15, 0.2) is 72.8 Å². The van der Waals surface area contributed by atoms with Gasteiger partial charge in [0.1, 0.15) is 11.5 Å². The molecule has 1 fully saturated rings. The number of ether oxygens (including phenoxy) is 2. The normalized spacial score (nSPS) is 13.2. The number of nitrogens with zero attached hydrogens (tertiary/aromatic N) is 2. The maximum atomic E-state index is 13.0. The molecule has 3 aromatic rings. The molecule has 1 aliphatic heterocycles. The third-order valence-corrected chi connectivity index (χ3v) is 6.21. The molecule has 0 radical (unpaired) electrons. The molecule has 0 saturated carbocycles. The van der Waals surface area contributed by atoms with Gasteiger partial charge in [0.2, 0.25) is 5.91 Å². The third-order valence-electron chi connectivity index (χ3n) is 6.21. The van der Waals surface area contributed by atoms with Crippen LogP contribution in [0.4, 0.5) is 0 Å². The maximum Gasteiger partial charge on any atom is 0.257 e. The maximum absolute atomic E-state index is 13.0. The second kappa shape index (κ2) is 11.4. The SMILES string of the molecule is COc1ccc(C(=O)N2CCN(C(=O)CNC(=O)c3ccc(-c4ccccc4)cc3)CC2)c(OC)c1. The van der Waals surface area contributed by atoms with Crippen molar-refractivity contribution in [3.8, 4) is 22.6 Å². The summed E-state index contributed by atoms with van der Waals surface area (Å²) in [6.45, 7) is 1.48. The standard InChI is InChI=1S/C28H29N3O5/c1-35-23-12-13-24(25(18-23)36-2)28(34)31-16-14-30(15-17-31)26(32)19-29-27(33)22-10-8-21(9-11-22)20-6-4-3-5-7-20/h3-13,18H,14-17,19H2,1-2H3,(H,29,33). The number of carbonyl (C=O) groups is 3. The van der Waals surface area contributed by atoms with Gasteiger partial charge in [-0.1, -0.05) is 42.5 Å². The minimum Gasteiger partial charge on any atom is -0.497 e. The lowest BCUT2D eigenvalue weighted by atomic mass is 10.0. The molecule has 36 heavy (non-hydrogen) atoms. The van der Waals surface area contributed by atoms with E-state index in [1.165, 1.54) is 7.11 Å². The predicted octanol–water partition coefficient (Wildman–Crippen LogP) is 3.09. The lowest BCUT2D eigenvalue weighted by molar-refractivity contribution is -0.131.